The third-order valence-electron chi connectivity index (χ3n) is 4.36. The van der Waals surface area contributed by atoms with Gasteiger partial charge in [-0.2, -0.15) is 0 Å². The zero-order chi connectivity index (χ0) is 18.2. The van der Waals surface area contributed by atoms with E-state index in [1.807, 2.05) is 60.7 Å². The number of aliphatic hydroxyl groups is 1. The van der Waals surface area contributed by atoms with E-state index in [1.165, 1.54) is 11.1 Å². The standard InChI is InChI=1S/C23H25NO2/c1-18(19-8-4-2-5-9-19)24-16-22(25)17-26-23-14-12-21(13-15-23)20-10-6-3-7-11-20/h2-15,18,22,24-25H,16-17H2,1H3. The molecule has 0 saturated carbocycles. The Kier molecular flexibility index (Phi) is 6.42. The van der Waals surface area contributed by atoms with Crippen LogP contribution in [0.5, 0.6) is 5.75 Å². The van der Waals surface area contributed by atoms with E-state index in [9.17, 15) is 5.11 Å². The van der Waals surface area contributed by atoms with Gasteiger partial charge in [0, 0.05) is 12.6 Å². The fraction of sp³-hybridized carbons (Fsp3) is 0.217. The topological polar surface area (TPSA) is 41.5 Å². The van der Waals surface area contributed by atoms with Crippen LogP contribution in [-0.2, 0) is 0 Å². The highest BCUT2D eigenvalue weighted by Crippen LogP contribution is 2.22. The van der Waals surface area contributed by atoms with Crippen LogP contribution in [0.15, 0.2) is 84.9 Å². The highest BCUT2D eigenvalue weighted by atomic mass is 16.5. The zero-order valence-electron chi connectivity index (χ0n) is 15.0. The number of nitrogens with one attached hydrogen (secondary N) is 1. The Morgan fingerprint density at radius 1 is 0.808 bits per heavy atom. The first-order chi connectivity index (χ1) is 12.7. The van der Waals surface area contributed by atoms with Crippen LogP contribution in [0.1, 0.15) is 18.5 Å². The molecule has 0 bridgehead atoms. The second-order valence-corrected chi connectivity index (χ2v) is 6.40. The molecule has 0 aliphatic heterocycles. The highest BCUT2D eigenvalue weighted by molar-refractivity contribution is 5.63. The van der Waals surface area contributed by atoms with Crippen LogP contribution in [-0.4, -0.2) is 24.4 Å². The van der Waals surface area contributed by atoms with Gasteiger partial charge in [-0.3, -0.25) is 0 Å². The van der Waals surface area contributed by atoms with E-state index in [0.29, 0.717) is 6.54 Å². The van der Waals surface area contributed by atoms with Crippen molar-refractivity contribution in [1.82, 2.24) is 5.32 Å². The van der Waals surface area contributed by atoms with Crippen molar-refractivity contribution < 1.29 is 9.84 Å². The van der Waals surface area contributed by atoms with E-state index >= 15 is 0 Å². The summed E-state index contributed by atoms with van der Waals surface area (Å²) in [6.45, 7) is 2.84. The molecule has 0 heterocycles. The fourth-order valence-electron chi connectivity index (χ4n) is 2.80. The summed E-state index contributed by atoms with van der Waals surface area (Å²) in [6, 6.07) is 28.6. The lowest BCUT2D eigenvalue weighted by atomic mass is 10.1. The molecule has 0 aromatic heterocycles. The highest BCUT2D eigenvalue weighted by Gasteiger charge is 2.09. The fourth-order valence-corrected chi connectivity index (χ4v) is 2.80. The Hall–Kier alpha value is -2.62. The monoisotopic (exact) mass is 347 g/mol. The van der Waals surface area contributed by atoms with Gasteiger partial charge in [-0.15, -0.1) is 0 Å². The van der Waals surface area contributed by atoms with Gasteiger partial charge in [0.1, 0.15) is 18.5 Å². The molecule has 3 heteroatoms. The van der Waals surface area contributed by atoms with Gasteiger partial charge in [0.05, 0.1) is 0 Å². The number of aliphatic hydroxyl groups excluding tert-OH is 1. The Balaban J connectivity index is 1.45. The number of rotatable bonds is 8. The second-order valence-electron chi connectivity index (χ2n) is 6.40. The van der Waals surface area contributed by atoms with Crippen LogP contribution in [0.4, 0.5) is 0 Å². The smallest absolute Gasteiger partial charge is 0.119 e. The molecule has 2 unspecified atom stereocenters. The van der Waals surface area contributed by atoms with Crippen molar-refractivity contribution in [3.8, 4) is 16.9 Å². The summed E-state index contributed by atoms with van der Waals surface area (Å²) >= 11 is 0. The van der Waals surface area contributed by atoms with E-state index in [0.717, 1.165) is 11.3 Å². The summed E-state index contributed by atoms with van der Waals surface area (Å²) in [4.78, 5) is 0. The molecule has 3 rings (SSSR count). The summed E-state index contributed by atoms with van der Waals surface area (Å²) in [7, 11) is 0. The van der Waals surface area contributed by atoms with Crippen LogP contribution in [0, 0.1) is 0 Å². The van der Waals surface area contributed by atoms with Gasteiger partial charge in [-0.25, -0.2) is 0 Å². The Labute approximate surface area is 155 Å². The Bertz CT molecular complexity index is 772. The lowest BCUT2D eigenvalue weighted by Gasteiger charge is -2.18. The Morgan fingerprint density at radius 2 is 1.38 bits per heavy atom. The summed E-state index contributed by atoms with van der Waals surface area (Å²) in [5, 5.41) is 13.5. The number of hydrogen-bond donors (Lipinski definition) is 2. The molecule has 26 heavy (non-hydrogen) atoms. The molecule has 2 N–H and O–H groups in total. The van der Waals surface area contributed by atoms with E-state index in [4.69, 9.17) is 4.74 Å². The minimum Gasteiger partial charge on any atom is -0.491 e. The summed E-state index contributed by atoms with van der Waals surface area (Å²) in [5.74, 6) is 0.764. The predicted octanol–water partition coefficient (Wildman–Crippen LogP) is 4.44. The molecule has 0 spiro atoms. The molecule has 2 atom stereocenters. The maximum absolute atomic E-state index is 10.2. The quantitative estimate of drug-likeness (QED) is 0.633. The Morgan fingerprint density at radius 3 is 2.04 bits per heavy atom. The van der Waals surface area contributed by atoms with Crippen molar-refractivity contribution in [2.24, 2.45) is 0 Å². The molecule has 0 aliphatic rings. The molecule has 134 valence electrons. The number of ether oxygens (including phenoxy) is 1. The minimum absolute atomic E-state index is 0.191. The van der Waals surface area contributed by atoms with Gasteiger partial charge in [-0.05, 0) is 35.7 Å². The van der Waals surface area contributed by atoms with Crippen molar-refractivity contribution in [2.45, 2.75) is 19.1 Å². The second kappa shape index (κ2) is 9.18. The molecule has 3 nitrogen and oxygen atoms in total. The molecule has 0 fully saturated rings. The normalized spacial score (nSPS) is 13.2. The average Bonchev–Trinajstić information content (AvgIpc) is 2.72. The van der Waals surface area contributed by atoms with E-state index in [1.54, 1.807) is 0 Å². The third kappa shape index (κ3) is 5.19. The maximum atomic E-state index is 10.2. The number of benzene rings is 3. The lowest BCUT2D eigenvalue weighted by molar-refractivity contribution is 0.104. The van der Waals surface area contributed by atoms with E-state index in [-0.39, 0.29) is 12.6 Å². The van der Waals surface area contributed by atoms with Gasteiger partial charge >= 0.3 is 0 Å². The predicted molar refractivity (Wildman–Crippen MR) is 106 cm³/mol. The molecule has 0 saturated heterocycles. The first kappa shape index (κ1) is 18.2. The molecule has 0 radical (unpaired) electrons. The zero-order valence-corrected chi connectivity index (χ0v) is 15.0. The van der Waals surface area contributed by atoms with Gasteiger partial charge in [0.25, 0.3) is 0 Å². The average molecular weight is 347 g/mol. The molecular weight excluding hydrogens is 322 g/mol. The van der Waals surface area contributed by atoms with Crippen molar-refractivity contribution in [3.05, 3.63) is 90.5 Å². The lowest BCUT2D eigenvalue weighted by Crippen LogP contribution is -2.33. The molecule has 3 aromatic carbocycles. The van der Waals surface area contributed by atoms with E-state index in [2.05, 4.69) is 36.5 Å². The van der Waals surface area contributed by atoms with Crippen molar-refractivity contribution >= 4 is 0 Å². The summed E-state index contributed by atoms with van der Waals surface area (Å²) in [6.07, 6.45) is -0.560. The molecule has 3 aromatic rings. The first-order valence-electron chi connectivity index (χ1n) is 8.97. The van der Waals surface area contributed by atoms with Gasteiger partial charge in [0.15, 0.2) is 0 Å². The van der Waals surface area contributed by atoms with Crippen LogP contribution >= 0.6 is 0 Å². The minimum atomic E-state index is -0.560. The van der Waals surface area contributed by atoms with Gasteiger partial charge < -0.3 is 15.2 Å². The van der Waals surface area contributed by atoms with Gasteiger partial charge in [-0.1, -0.05) is 72.8 Å². The van der Waals surface area contributed by atoms with Gasteiger partial charge in [0.2, 0.25) is 0 Å². The molecule has 0 amide bonds. The maximum Gasteiger partial charge on any atom is 0.119 e. The molecule has 0 aliphatic carbocycles. The summed E-state index contributed by atoms with van der Waals surface area (Å²) < 4.78 is 5.71. The van der Waals surface area contributed by atoms with Crippen LogP contribution in [0.25, 0.3) is 11.1 Å². The SMILES string of the molecule is CC(NCC(O)COc1ccc(-c2ccccc2)cc1)c1ccccc1. The first-order valence-corrected chi connectivity index (χ1v) is 8.97. The van der Waals surface area contributed by atoms with Crippen molar-refractivity contribution in [2.75, 3.05) is 13.2 Å². The third-order valence-corrected chi connectivity index (χ3v) is 4.36. The molecular formula is C23H25NO2. The van der Waals surface area contributed by atoms with Crippen molar-refractivity contribution in [3.63, 3.8) is 0 Å². The largest absolute Gasteiger partial charge is 0.491 e. The van der Waals surface area contributed by atoms with Crippen LogP contribution < -0.4 is 10.1 Å². The summed E-state index contributed by atoms with van der Waals surface area (Å²) in [5.41, 5.74) is 3.53. The van der Waals surface area contributed by atoms with Crippen LogP contribution in [0.3, 0.4) is 0 Å². The van der Waals surface area contributed by atoms with Crippen molar-refractivity contribution in [1.29, 1.82) is 0 Å². The van der Waals surface area contributed by atoms with Crippen LogP contribution in [0.2, 0.25) is 0 Å². The number of hydrogen-bond acceptors (Lipinski definition) is 3. The van der Waals surface area contributed by atoms with E-state index < -0.39 is 6.10 Å².